The smallest absolute Gasteiger partial charge is 0.262 e. The van der Waals surface area contributed by atoms with Gasteiger partial charge in [-0.25, -0.2) is 0 Å². The molecule has 31 heavy (non-hydrogen) atoms. The van der Waals surface area contributed by atoms with Crippen molar-refractivity contribution in [2.45, 2.75) is 11.8 Å². The van der Waals surface area contributed by atoms with Gasteiger partial charge >= 0.3 is 0 Å². The Bertz CT molecular complexity index is 1450. The number of aryl methyl sites for hydroxylation is 1. The zero-order valence-corrected chi connectivity index (χ0v) is 17.9. The summed E-state index contributed by atoms with van der Waals surface area (Å²) in [5, 5.41) is 5.57. The molecule has 0 radical (unpaired) electrons. The second-order valence-electron chi connectivity index (χ2n) is 7.25. The van der Waals surface area contributed by atoms with E-state index in [-0.39, 0.29) is 5.56 Å². The quantitative estimate of drug-likeness (QED) is 0.344. The first-order valence-electron chi connectivity index (χ1n) is 9.84. The normalized spacial score (nSPS) is 11.2. The van der Waals surface area contributed by atoms with Crippen LogP contribution >= 0.6 is 11.8 Å². The van der Waals surface area contributed by atoms with Crippen molar-refractivity contribution in [3.05, 3.63) is 94.9 Å². The van der Waals surface area contributed by atoms with Crippen molar-refractivity contribution in [3.63, 3.8) is 0 Å². The van der Waals surface area contributed by atoms with Gasteiger partial charge < -0.3 is 4.52 Å². The minimum atomic E-state index is -0.0858. The maximum absolute atomic E-state index is 13.2. The van der Waals surface area contributed by atoms with Crippen LogP contribution in [-0.2, 0) is 0 Å². The molecule has 0 amide bonds. The zero-order chi connectivity index (χ0) is 21.4. The first-order valence-corrected chi connectivity index (χ1v) is 11.1. The van der Waals surface area contributed by atoms with Crippen LogP contribution in [0.25, 0.3) is 39.3 Å². The van der Waals surface area contributed by atoms with E-state index in [9.17, 15) is 4.79 Å². The van der Waals surface area contributed by atoms with Gasteiger partial charge in [0, 0.05) is 33.1 Å². The minimum Gasteiger partial charge on any atom is -0.334 e. The van der Waals surface area contributed by atoms with E-state index < -0.39 is 0 Å². The number of thioether (sulfide) groups is 1. The predicted octanol–water partition coefficient (Wildman–Crippen LogP) is 5.74. The molecule has 5 aromatic rings. The molecule has 0 bridgehead atoms. The first-order chi connectivity index (χ1) is 15.1. The second-order valence-corrected chi connectivity index (χ2v) is 8.13. The van der Waals surface area contributed by atoms with Gasteiger partial charge in [-0.15, -0.1) is 11.8 Å². The van der Waals surface area contributed by atoms with E-state index in [2.05, 4.69) is 10.1 Å². The van der Waals surface area contributed by atoms with Crippen LogP contribution in [-0.4, -0.2) is 21.0 Å². The van der Waals surface area contributed by atoms with E-state index in [1.807, 2.05) is 86.0 Å². The van der Waals surface area contributed by atoms with Gasteiger partial charge in [0.25, 0.3) is 11.4 Å². The molecule has 0 aliphatic carbocycles. The molecule has 2 heterocycles. The topological polar surface area (TPSA) is 60.9 Å². The number of benzene rings is 3. The third-order valence-electron chi connectivity index (χ3n) is 5.21. The van der Waals surface area contributed by atoms with Gasteiger partial charge in [0.2, 0.25) is 5.82 Å². The van der Waals surface area contributed by atoms with Gasteiger partial charge in [-0.1, -0.05) is 35.5 Å². The molecule has 0 saturated heterocycles. The van der Waals surface area contributed by atoms with E-state index in [4.69, 9.17) is 4.52 Å². The molecule has 0 atom stereocenters. The third-order valence-corrected chi connectivity index (χ3v) is 5.95. The maximum atomic E-state index is 13.2. The van der Waals surface area contributed by atoms with Crippen molar-refractivity contribution in [2.24, 2.45) is 0 Å². The molecule has 0 aliphatic rings. The fraction of sp³-hybridized carbons (Fsp3) is 0.0800. The number of pyridine rings is 1. The lowest BCUT2D eigenvalue weighted by atomic mass is 10.1. The fourth-order valence-corrected chi connectivity index (χ4v) is 4.03. The summed E-state index contributed by atoms with van der Waals surface area (Å²) in [6.45, 7) is 2.00. The molecule has 3 aromatic carbocycles. The van der Waals surface area contributed by atoms with Gasteiger partial charge in [0.15, 0.2) is 0 Å². The van der Waals surface area contributed by atoms with Crippen LogP contribution in [0.5, 0.6) is 0 Å². The van der Waals surface area contributed by atoms with Crippen molar-refractivity contribution >= 4 is 22.5 Å². The summed E-state index contributed by atoms with van der Waals surface area (Å²) in [6.07, 6.45) is 3.82. The van der Waals surface area contributed by atoms with Crippen molar-refractivity contribution in [1.29, 1.82) is 0 Å². The van der Waals surface area contributed by atoms with Gasteiger partial charge in [-0.3, -0.25) is 9.36 Å². The molecular weight excluding hydrogens is 406 g/mol. The summed E-state index contributed by atoms with van der Waals surface area (Å²) < 4.78 is 7.28. The van der Waals surface area contributed by atoms with Crippen LogP contribution in [0.1, 0.15) is 5.56 Å². The average molecular weight is 426 g/mol. The third kappa shape index (κ3) is 3.55. The summed E-state index contributed by atoms with van der Waals surface area (Å²) in [4.78, 5) is 19.0. The Morgan fingerprint density at radius 2 is 1.71 bits per heavy atom. The Morgan fingerprint density at radius 3 is 2.45 bits per heavy atom. The Hall–Kier alpha value is -3.64. The number of hydrogen-bond acceptors (Lipinski definition) is 5. The molecule has 2 aromatic heterocycles. The molecular formula is C25H19N3O2S. The first kappa shape index (κ1) is 19.3. The van der Waals surface area contributed by atoms with Crippen LogP contribution in [0.4, 0.5) is 0 Å². The van der Waals surface area contributed by atoms with Gasteiger partial charge in [-0.05, 0) is 61.2 Å². The molecule has 0 fully saturated rings. The molecule has 0 saturated carbocycles. The molecule has 0 aliphatic heterocycles. The Kier molecular flexibility index (Phi) is 4.92. The van der Waals surface area contributed by atoms with Crippen molar-refractivity contribution in [1.82, 2.24) is 14.7 Å². The Labute approximate surface area is 183 Å². The number of fused-ring (bicyclic) bond motifs is 1. The molecule has 0 spiro atoms. The van der Waals surface area contributed by atoms with Gasteiger partial charge in [-0.2, -0.15) is 4.98 Å². The van der Waals surface area contributed by atoms with Crippen LogP contribution in [0, 0.1) is 6.92 Å². The van der Waals surface area contributed by atoms with Crippen LogP contribution in [0.3, 0.4) is 0 Å². The molecule has 5 rings (SSSR count). The van der Waals surface area contributed by atoms with E-state index in [1.54, 1.807) is 22.5 Å². The molecule has 5 nitrogen and oxygen atoms in total. The monoisotopic (exact) mass is 425 g/mol. The summed E-state index contributed by atoms with van der Waals surface area (Å²) in [5.74, 6) is 0.890. The number of hydrogen-bond donors (Lipinski definition) is 0. The largest absolute Gasteiger partial charge is 0.334 e. The molecule has 6 heteroatoms. The zero-order valence-electron chi connectivity index (χ0n) is 17.1. The summed E-state index contributed by atoms with van der Waals surface area (Å²) in [6, 6.07) is 23.4. The lowest BCUT2D eigenvalue weighted by Crippen LogP contribution is -2.18. The average Bonchev–Trinajstić information content (AvgIpc) is 3.30. The number of aromatic nitrogens is 3. The van der Waals surface area contributed by atoms with Crippen molar-refractivity contribution in [3.8, 4) is 28.5 Å². The highest BCUT2D eigenvalue weighted by Crippen LogP contribution is 2.29. The Balaban J connectivity index is 1.69. The van der Waals surface area contributed by atoms with E-state index in [0.717, 1.165) is 27.8 Å². The highest BCUT2D eigenvalue weighted by Gasteiger charge is 2.17. The van der Waals surface area contributed by atoms with Gasteiger partial charge in [0.05, 0.1) is 5.56 Å². The van der Waals surface area contributed by atoms with Gasteiger partial charge in [0.1, 0.15) is 0 Å². The van der Waals surface area contributed by atoms with Crippen LogP contribution < -0.4 is 5.56 Å². The fourth-order valence-electron chi connectivity index (χ4n) is 3.62. The maximum Gasteiger partial charge on any atom is 0.262 e. The van der Waals surface area contributed by atoms with E-state index in [0.29, 0.717) is 17.1 Å². The van der Waals surface area contributed by atoms with Crippen molar-refractivity contribution in [2.75, 3.05) is 6.26 Å². The highest BCUT2D eigenvalue weighted by atomic mass is 32.2. The van der Waals surface area contributed by atoms with Crippen LogP contribution in [0.2, 0.25) is 0 Å². The van der Waals surface area contributed by atoms with Crippen LogP contribution in [0.15, 0.2) is 93.2 Å². The summed E-state index contributed by atoms with van der Waals surface area (Å²) in [5.41, 5.74) is 3.38. The van der Waals surface area contributed by atoms with E-state index >= 15 is 0 Å². The molecule has 0 unspecified atom stereocenters. The SMILES string of the molecule is CSc1ccc(-c2noc(-c3cn(-c4cccc(C)c4)c(=O)c4ccccc34)n2)cc1. The van der Waals surface area contributed by atoms with Crippen molar-refractivity contribution < 1.29 is 4.52 Å². The lowest BCUT2D eigenvalue weighted by Gasteiger charge is -2.11. The predicted molar refractivity (Wildman–Crippen MR) is 125 cm³/mol. The number of rotatable bonds is 4. The standard InChI is InChI=1S/C25H19N3O2S/c1-16-6-5-7-18(14-16)28-15-22(20-8-3-4-9-21(20)25(28)29)24-26-23(27-30-24)17-10-12-19(31-2)13-11-17/h3-15H,1-2H3. The highest BCUT2D eigenvalue weighted by molar-refractivity contribution is 7.98. The Morgan fingerprint density at radius 1 is 0.935 bits per heavy atom. The number of nitrogens with zero attached hydrogens (tertiary/aromatic N) is 3. The second kappa shape index (κ2) is 7.89. The minimum absolute atomic E-state index is 0.0858. The molecule has 0 N–H and O–H groups in total. The summed E-state index contributed by atoms with van der Waals surface area (Å²) in [7, 11) is 0. The molecule has 152 valence electrons. The lowest BCUT2D eigenvalue weighted by molar-refractivity contribution is 0.432. The van der Waals surface area contributed by atoms with E-state index in [1.165, 1.54) is 4.90 Å². The summed E-state index contributed by atoms with van der Waals surface area (Å²) >= 11 is 1.68.